The molecule has 0 saturated carbocycles. The third-order valence-corrected chi connectivity index (χ3v) is 11.0. The number of carbonyl (C=O) groups excluding carboxylic acids is 4. The minimum absolute atomic E-state index is 0.00997. The number of hydrogen-bond donors (Lipinski definition) is 2. The van der Waals surface area contributed by atoms with Gasteiger partial charge >= 0.3 is 0 Å². The Balaban J connectivity index is 2.26. The molecule has 1 fully saturated rings. The maximum atomic E-state index is 14.2. The maximum Gasteiger partial charge on any atom is 0.245 e. The van der Waals surface area contributed by atoms with Crippen LogP contribution in [0.2, 0.25) is 0 Å². The molecule has 1 aliphatic rings. The summed E-state index contributed by atoms with van der Waals surface area (Å²) in [4.78, 5) is 69.3. The van der Waals surface area contributed by atoms with E-state index in [2.05, 4.69) is 29.1 Å². The quantitative estimate of drug-likeness (QED) is 0.223. The van der Waals surface area contributed by atoms with E-state index in [4.69, 9.17) is 4.74 Å². The molecule has 0 spiro atoms. The largest absolute Gasteiger partial charge is 0.379 e. The van der Waals surface area contributed by atoms with Crippen molar-refractivity contribution in [2.24, 2.45) is 17.8 Å². The number of aromatic nitrogens is 2. The van der Waals surface area contributed by atoms with Gasteiger partial charge in [0.25, 0.3) is 0 Å². The number of ether oxygens (including phenoxy) is 1. The van der Waals surface area contributed by atoms with Crippen molar-refractivity contribution < 1.29 is 23.9 Å². The third-order valence-electron chi connectivity index (χ3n) is 9.89. The highest BCUT2D eigenvalue weighted by molar-refractivity contribution is 7.99. The number of amides is 4. The normalized spacial score (nSPS) is 18.8. The summed E-state index contributed by atoms with van der Waals surface area (Å²) >= 11 is 1.62. The summed E-state index contributed by atoms with van der Waals surface area (Å²) in [7, 11) is 7.09. The third kappa shape index (κ3) is 10.4. The van der Waals surface area contributed by atoms with Gasteiger partial charge in [-0.3, -0.25) is 29.0 Å². The molecule has 2 heterocycles. The van der Waals surface area contributed by atoms with Crippen molar-refractivity contribution in [3.63, 3.8) is 0 Å². The predicted octanol–water partition coefficient (Wildman–Crippen LogP) is 3.88. The fourth-order valence-corrected chi connectivity index (χ4v) is 8.06. The summed E-state index contributed by atoms with van der Waals surface area (Å²) in [5, 5.41) is 2.98. The molecule has 0 aromatic carbocycles. The lowest BCUT2D eigenvalue weighted by Gasteiger charge is -2.41. The number of aromatic amines is 1. The Morgan fingerprint density at radius 2 is 1.75 bits per heavy atom. The van der Waals surface area contributed by atoms with Gasteiger partial charge in [0.2, 0.25) is 23.6 Å². The molecule has 2 rings (SSSR count). The Kier molecular flexibility index (Phi) is 16.9. The van der Waals surface area contributed by atoms with Gasteiger partial charge in [0.15, 0.2) is 0 Å². The van der Waals surface area contributed by atoms with E-state index in [0.717, 1.165) is 19.3 Å². The number of H-pyrrole nitrogens is 1. The van der Waals surface area contributed by atoms with E-state index < -0.39 is 18.2 Å². The second-order valence-electron chi connectivity index (χ2n) is 14.0. The van der Waals surface area contributed by atoms with E-state index in [1.165, 1.54) is 0 Å². The van der Waals surface area contributed by atoms with Gasteiger partial charge in [-0.1, -0.05) is 48.0 Å². The number of methoxy groups -OCH3 is 1. The van der Waals surface area contributed by atoms with Crippen molar-refractivity contribution in [3.05, 3.63) is 12.5 Å². The SMILES string of the molecule is CCC(C)C(C(CC(=O)N1CCCC1C(CC(=O)N(CC)c1cnc[nH]1)SC)OC)N(C)C(=O)C(NC(=O)C(C(C)C)N(C)C)C(C)C. The number of imidazole rings is 1. The molecule has 274 valence electrons. The Hall–Kier alpha value is -2.64. The molecule has 0 aliphatic carbocycles. The van der Waals surface area contributed by atoms with Gasteiger partial charge in [-0.25, -0.2) is 4.98 Å². The maximum absolute atomic E-state index is 14.2. The fourth-order valence-electron chi connectivity index (χ4n) is 7.15. The Morgan fingerprint density at radius 3 is 2.23 bits per heavy atom. The molecule has 12 nitrogen and oxygen atoms in total. The lowest BCUT2D eigenvalue weighted by Crippen LogP contribution is -2.59. The van der Waals surface area contributed by atoms with Crippen LogP contribution >= 0.6 is 11.8 Å². The second-order valence-corrected chi connectivity index (χ2v) is 15.1. The van der Waals surface area contributed by atoms with Crippen LogP contribution in [0, 0.1) is 17.8 Å². The first-order valence-corrected chi connectivity index (χ1v) is 18.8. The predicted molar refractivity (Wildman–Crippen MR) is 194 cm³/mol. The second kappa shape index (κ2) is 19.5. The highest BCUT2D eigenvalue weighted by Gasteiger charge is 2.41. The minimum atomic E-state index is -0.726. The zero-order valence-corrected chi connectivity index (χ0v) is 32.3. The van der Waals surface area contributed by atoms with E-state index in [1.54, 1.807) is 48.2 Å². The zero-order chi connectivity index (χ0) is 36.3. The number of nitrogens with zero attached hydrogens (tertiary/aromatic N) is 5. The average molecular weight is 694 g/mol. The summed E-state index contributed by atoms with van der Waals surface area (Å²) in [6.45, 7) is 15.1. The molecule has 1 aromatic rings. The summed E-state index contributed by atoms with van der Waals surface area (Å²) in [5.41, 5.74) is 0. The van der Waals surface area contributed by atoms with Crippen molar-refractivity contribution in [2.75, 3.05) is 52.5 Å². The van der Waals surface area contributed by atoms with E-state index >= 15 is 0 Å². The Morgan fingerprint density at radius 1 is 1.08 bits per heavy atom. The molecule has 1 aliphatic heterocycles. The molecule has 2 N–H and O–H groups in total. The first-order chi connectivity index (χ1) is 22.6. The first kappa shape index (κ1) is 41.5. The van der Waals surface area contributed by atoms with Crippen molar-refractivity contribution in [1.29, 1.82) is 0 Å². The van der Waals surface area contributed by atoms with Crippen LogP contribution in [0.15, 0.2) is 12.5 Å². The highest BCUT2D eigenvalue weighted by Crippen LogP contribution is 2.32. The van der Waals surface area contributed by atoms with Crippen LogP contribution in [0.25, 0.3) is 0 Å². The van der Waals surface area contributed by atoms with Crippen LogP contribution in [-0.4, -0.2) is 131 Å². The van der Waals surface area contributed by atoms with Crippen LogP contribution in [0.3, 0.4) is 0 Å². The lowest BCUT2D eigenvalue weighted by atomic mass is 9.89. The number of likely N-dealkylation sites (tertiary alicyclic amines) is 1. The smallest absolute Gasteiger partial charge is 0.245 e. The molecule has 7 unspecified atom stereocenters. The summed E-state index contributed by atoms with van der Waals surface area (Å²) < 4.78 is 6.02. The monoisotopic (exact) mass is 693 g/mol. The number of anilines is 1. The molecule has 0 radical (unpaired) electrons. The average Bonchev–Trinajstić information content (AvgIpc) is 3.74. The number of thioether (sulfide) groups is 1. The number of likely N-dealkylation sites (N-methyl/N-ethyl adjacent to an activating group) is 2. The minimum Gasteiger partial charge on any atom is -0.379 e. The van der Waals surface area contributed by atoms with E-state index in [-0.39, 0.29) is 65.1 Å². The molecule has 1 saturated heterocycles. The van der Waals surface area contributed by atoms with Crippen LogP contribution in [0.5, 0.6) is 0 Å². The standard InChI is InChI=1S/C35H63N7O5S/c1-13-24(7)33(40(10)35(46)31(22(3)4)38-34(45)32(23(5)6)39(8)9)26(47-11)18-29(43)42-17-15-16-25(42)27(48-12)19-30(44)41(14-2)28-20-36-21-37-28/h20-27,31-33H,13-19H2,1-12H3,(H,36,37)(H,38,45). The van der Waals surface area contributed by atoms with Crippen molar-refractivity contribution >= 4 is 41.2 Å². The van der Waals surface area contributed by atoms with Gasteiger partial charge in [-0.05, 0) is 57.9 Å². The summed E-state index contributed by atoms with van der Waals surface area (Å²) in [6, 6.07) is -1.57. The van der Waals surface area contributed by atoms with Crippen LogP contribution in [0.1, 0.15) is 80.6 Å². The number of nitrogens with one attached hydrogen (secondary N) is 2. The molecule has 48 heavy (non-hydrogen) atoms. The van der Waals surface area contributed by atoms with E-state index in [9.17, 15) is 19.2 Å². The van der Waals surface area contributed by atoms with Crippen molar-refractivity contribution in [3.8, 4) is 0 Å². The van der Waals surface area contributed by atoms with E-state index in [0.29, 0.717) is 25.3 Å². The first-order valence-electron chi connectivity index (χ1n) is 17.5. The molecule has 0 bridgehead atoms. The molecule has 13 heteroatoms. The van der Waals surface area contributed by atoms with Crippen LogP contribution in [-0.2, 0) is 23.9 Å². The topological polar surface area (TPSA) is 131 Å². The van der Waals surface area contributed by atoms with Crippen LogP contribution < -0.4 is 10.2 Å². The molecular weight excluding hydrogens is 630 g/mol. The number of carbonyl (C=O) groups is 4. The summed E-state index contributed by atoms with van der Waals surface area (Å²) in [5.74, 6) is 0.189. The van der Waals surface area contributed by atoms with Crippen LogP contribution in [0.4, 0.5) is 5.82 Å². The van der Waals surface area contributed by atoms with E-state index in [1.807, 2.05) is 64.8 Å². The summed E-state index contributed by atoms with van der Waals surface area (Å²) in [6.07, 6.45) is 7.52. The van der Waals surface area contributed by atoms with Gasteiger partial charge in [0.05, 0.1) is 37.1 Å². The molecule has 4 amide bonds. The lowest BCUT2D eigenvalue weighted by molar-refractivity contribution is -0.146. The number of rotatable bonds is 19. The fraction of sp³-hybridized carbons (Fsp3) is 0.800. The molecular formula is C35H63N7O5S. The molecule has 1 aromatic heterocycles. The van der Waals surface area contributed by atoms with Crippen molar-refractivity contribution in [1.82, 2.24) is 30.0 Å². The van der Waals surface area contributed by atoms with Gasteiger partial charge < -0.3 is 24.8 Å². The van der Waals surface area contributed by atoms with Gasteiger partial charge in [-0.2, -0.15) is 11.8 Å². The number of hydrogen-bond acceptors (Lipinski definition) is 8. The van der Waals surface area contributed by atoms with Gasteiger partial charge in [0.1, 0.15) is 11.9 Å². The van der Waals surface area contributed by atoms with Gasteiger partial charge in [-0.15, -0.1) is 0 Å². The van der Waals surface area contributed by atoms with Gasteiger partial charge in [0, 0.05) is 45.0 Å². The zero-order valence-electron chi connectivity index (χ0n) is 31.5. The highest BCUT2D eigenvalue weighted by atomic mass is 32.2. The Bertz CT molecular complexity index is 1160. The Labute approximate surface area is 293 Å². The van der Waals surface area contributed by atoms with Crippen molar-refractivity contribution in [2.45, 2.75) is 116 Å². The molecule has 7 atom stereocenters.